The fraction of sp³-hybridized carbons (Fsp3) is 0.167. The summed E-state index contributed by atoms with van der Waals surface area (Å²) in [6.07, 6.45) is -2.02. The van der Waals surface area contributed by atoms with Crippen LogP contribution < -0.4 is 10.1 Å². The number of rotatable bonds is 2. The molecule has 1 atom stereocenters. The molecule has 1 aliphatic rings. The van der Waals surface area contributed by atoms with E-state index in [4.69, 9.17) is 4.74 Å². The Labute approximate surface area is 138 Å². The van der Waals surface area contributed by atoms with Crippen LogP contribution in [0.5, 0.6) is 5.75 Å². The van der Waals surface area contributed by atoms with E-state index in [2.05, 4.69) is 16.6 Å². The van der Waals surface area contributed by atoms with Crippen molar-refractivity contribution in [2.75, 3.05) is 12.4 Å². The topological polar surface area (TPSA) is 67.8 Å². The number of halogens is 1. The molecule has 0 saturated heterocycles. The minimum atomic E-state index is -1.38. The first kappa shape index (κ1) is 16.0. The van der Waals surface area contributed by atoms with Crippen LogP contribution in [-0.2, 0) is 4.74 Å². The number of aliphatic hydroxyl groups is 1. The van der Waals surface area contributed by atoms with Gasteiger partial charge in [-0.05, 0) is 30.2 Å². The number of nitrogens with one attached hydrogen (secondary N) is 1. The molecule has 124 valence electrons. The van der Waals surface area contributed by atoms with Gasteiger partial charge in [0.2, 0.25) is 6.29 Å². The number of hydrogen-bond acceptors (Lipinski definition) is 4. The summed E-state index contributed by atoms with van der Waals surface area (Å²) in [7, 11) is 1.26. The minimum absolute atomic E-state index is 0.00107. The summed E-state index contributed by atoms with van der Waals surface area (Å²) in [5, 5.41) is 13.0. The summed E-state index contributed by atoms with van der Waals surface area (Å²) in [4.78, 5) is 11.5. The third-order valence-electron chi connectivity index (χ3n) is 3.83. The molecule has 0 radical (unpaired) electrons. The predicted octanol–water partition coefficient (Wildman–Crippen LogP) is 4.09. The Balaban J connectivity index is 2.25. The molecule has 24 heavy (non-hydrogen) atoms. The lowest BCUT2D eigenvalue weighted by Gasteiger charge is -2.29. The Hall–Kier alpha value is -2.86. The Bertz CT molecular complexity index is 847. The quantitative estimate of drug-likeness (QED) is 0.871. The first-order chi connectivity index (χ1) is 11.4. The summed E-state index contributed by atoms with van der Waals surface area (Å²) in [6.45, 7) is 5.64. The van der Waals surface area contributed by atoms with Crippen molar-refractivity contribution < 1.29 is 23.8 Å². The molecule has 6 heteroatoms. The summed E-state index contributed by atoms with van der Waals surface area (Å²) in [5.74, 6) is -0.551. The molecule has 2 aromatic carbocycles. The van der Waals surface area contributed by atoms with Crippen LogP contribution in [0, 0.1) is 5.82 Å². The molecule has 0 spiro atoms. The van der Waals surface area contributed by atoms with Crippen LogP contribution >= 0.6 is 0 Å². The lowest BCUT2D eigenvalue weighted by Crippen LogP contribution is -2.19. The van der Waals surface area contributed by atoms with Crippen LogP contribution in [0.3, 0.4) is 0 Å². The van der Waals surface area contributed by atoms with Crippen LogP contribution in [0.15, 0.2) is 36.9 Å². The van der Waals surface area contributed by atoms with Gasteiger partial charge in [-0.15, -0.1) is 0 Å². The van der Waals surface area contributed by atoms with Gasteiger partial charge in [-0.1, -0.05) is 24.8 Å². The van der Waals surface area contributed by atoms with Crippen molar-refractivity contribution in [3.05, 3.63) is 53.9 Å². The summed E-state index contributed by atoms with van der Waals surface area (Å²) in [5.41, 5.74) is 3.14. The normalized spacial score (nSPS) is 14.9. The number of anilines is 1. The third kappa shape index (κ3) is 2.51. The van der Waals surface area contributed by atoms with Crippen molar-refractivity contribution in [2.45, 2.75) is 13.2 Å². The molecular weight excluding hydrogens is 313 g/mol. The summed E-state index contributed by atoms with van der Waals surface area (Å²) in [6, 6.07) is 7.89. The van der Waals surface area contributed by atoms with Crippen LogP contribution in [0.25, 0.3) is 16.7 Å². The molecule has 1 aliphatic heterocycles. The third-order valence-corrected chi connectivity index (χ3v) is 3.83. The number of fused-ring (bicyclic) bond motifs is 3. The van der Waals surface area contributed by atoms with E-state index < -0.39 is 18.2 Å². The van der Waals surface area contributed by atoms with E-state index >= 15 is 0 Å². The fourth-order valence-electron chi connectivity index (χ4n) is 2.85. The van der Waals surface area contributed by atoms with Gasteiger partial charge in [-0.3, -0.25) is 5.32 Å². The highest BCUT2D eigenvalue weighted by atomic mass is 19.1. The Morgan fingerprint density at radius 2 is 2.08 bits per heavy atom. The van der Waals surface area contributed by atoms with Gasteiger partial charge in [0.05, 0.1) is 12.8 Å². The molecule has 2 N–H and O–H groups in total. The van der Waals surface area contributed by atoms with Crippen LogP contribution in [0.1, 0.15) is 24.3 Å². The minimum Gasteiger partial charge on any atom is -0.457 e. The van der Waals surface area contributed by atoms with Gasteiger partial charge in [0.15, 0.2) is 11.6 Å². The van der Waals surface area contributed by atoms with Gasteiger partial charge in [-0.2, -0.15) is 0 Å². The molecule has 0 fully saturated rings. The van der Waals surface area contributed by atoms with Crippen molar-refractivity contribution in [1.82, 2.24) is 0 Å². The highest BCUT2D eigenvalue weighted by Crippen LogP contribution is 2.47. The number of carbonyl (C=O) groups is 1. The summed E-state index contributed by atoms with van der Waals surface area (Å²) < 4.78 is 23.9. The number of allylic oxidation sites excluding steroid dienone is 1. The highest BCUT2D eigenvalue weighted by Gasteiger charge is 2.30. The second-order valence-corrected chi connectivity index (χ2v) is 5.43. The second-order valence-electron chi connectivity index (χ2n) is 5.43. The van der Waals surface area contributed by atoms with E-state index in [1.165, 1.54) is 13.2 Å². The molecule has 1 heterocycles. The predicted molar refractivity (Wildman–Crippen MR) is 88.2 cm³/mol. The lowest BCUT2D eigenvalue weighted by molar-refractivity contribution is -0.0241. The number of methoxy groups -OCH3 is 1. The van der Waals surface area contributed by atoms with Gasteiger partial charge in [-0.25, -0.2) is 9.18 Å². The summed E-state index contributed by atoms with van der Waals surface area (Å²) >= 11 is 0. The monoisotopic (exact) mass is 329 g/mol. The number of carbonyl (C=O) groups excluding carboxylic acids is 1. The number of benzene rings is 2. The van der Waals surface area contributed by atoms with Crippen molar-refractivity contribution in [3.63, 3.8) is 0 Å². The fourth-order valence-corrected chi connectivity index (χ4v) is 2.85. The molecule has 0 saturated carbocycles. The van der Waals surface area contributed by atoms with E-state index in [0.29, 0.717) is 33.5 Å². The van der Waals surface area contributed by atoms with Crippen LogP contribution in [0.4, 0.5) is 14.9 Å². The Morgan fingerprint density at radius 3 is 2.75 bits per heavy atom. The van der Waals surface area contributed by atoms with Gasteiger partial charge in [0.25, 0.3) is 0 Å². The second kappa shape index (κ2) is 5.98. The van der Waals surface area contributed by atoms with Crippen LogP contribution in [-0.4, -0.2) is 18.3 Å². The first-order valence-electron chi connectivity index (χ1n) is 7.25. The van der Waals surface area contributed by atoms with Crippen molar-refractivity contribution >= 4 is 17.4 Å². The number of ether oxygens (including phenoxy) is 2. The average Bonchev–Trinajstić information content (AvgIpc) is 2.55. The number of hydrogen-bond donors (Lipinski definition) is 2. The zero-order valence-electron chi connectivity index (χ0n) is 13.2. The number of amides is 1. The van der Waals surface area contributed by atoms with Crippen molar-refractivity contribution in [2.24, 2.45) is 0 Å². The van der Waals surface area contributed by atoms with Crippen LogP contribution in [0.2, 0.25) is 0 Å². The SMILES string of the molecule is C=C(C)c1c(NC(=O)OC)ccc2c1C(O)Oc1c(F)cccc1-2. The van der Waals surface area contributed by atoms with Gasteiger partial charge >= 0.3 is 6.09 Å². The van der Waals surface area contributed by atoms with Gasteiger partial charge in [0.1, 0.15) is 0 Å². The van der Waals surface area contributed by atoms with E-state index in [9.17, 15) is 14.3 Å². The first-order valence-corrected chi connectivity index (χ1v) is 7.25. The Morgan fingerprint density at radius 1 is 1.33 bits per heavy atom. The molecule has 1 unspecified atom stereocenters. The maximum atomic E-state index is 14.0. The number of para-hydroxylation sites is 1. The van der Waals surface area contributed by atoms with E-state index in [1.54, 1.807) is 31.2 Å². The smallest absolute Gasteiger partial charge is 0.411 e. The van der Waals surface area contributed by atoms with Crippen molar-refractivity contribution in [1.29, 1.82) is 0 Å². The largest absolute Gasteiger partial charge is 0.457 e. The molecule has 3 rings (SSSR count). The highest BCUT2D eigenvalue weighted by molar-refractivity contribution is 5.93. The van der Waals surface area contributed by atoms with Gasteiger partial charge < -0.3 is 14.6 Å². The Kier molecular flexibility index (Phi) is 3.99. The zero-order valence-corrected chi connectivity index (χ0v) is 13.2. The molecule has 2 aromatic rings. The molecule has 0 aromatic heterocycles. The molecule has 0 aliphatic carbocycles. The average molecular weight is 329 g/mol. The molecular formula is C18H16FNO4. The van der Waals surface area contributed by atoms with Crippen molar-refractivity contribution in [3.8, 4) is 16.9 Å². The standard InChI is InChI=1S/C18H16FNO4/c1-9(2)14-13(20-18(22)23-3)8-7-10-11-5-4-6-12(19)16(11)24-17(21)15(10)14/h4-8,17,21H,1H2,2-3H3,(H,20,22). The molecule has 5 nitrogen and oxygen atoms in total. The maximum absolute atomic E-state index is 14.0. The molecule has 0 bridgehead atoms. The van der Waals surface area contributed by atoms with E-state index in [1.807, 2.05) is 0 Å². The van der Waals surface area contributed by atoms with Gasteiger partial charge in [0, 0.05) is 16.7 Å². The van der Waals surface area contributed by atoms with E-state index in [-0.39, 0.29) is 5.75 Å². The lowest BCUT2D eigenvalue weighted by atomic mass is 9.88. The zero-order chi connectivity index (χ0) is 17.4. The maximum Gasteiger partial charge on any atom is 0.411 e. The van der Waals surface area contributed by atoms with E-state index in [0.717, 1.165) is 0 Å². The molecule has 1 amide bonds. The number of aliphatic hydroxyl groups excluding tert-OH is 1.